The molecule has 0 saturated carbocycles. The number of amides is 3. The Morgan fingerprint density at radius 1 is 0.929 bits per heavy atom. The van der Waals surface area contributed by atoms with Crippen molar-refractivity contribution in [1.82, 2.24) is 5.32 Å². The number of nitrogens with zero attached hydrogens (tertiary/aromatic N) is 1. The minimum absolute atomic E-state index is 0.121. The highest BCUT2D eigenvalue weighted by Gasteiger charge is 2.21. The third-order valence-corrected chi connectivity index (χ3v) is 4.40. The number of carbonyl (C=O) groups is 2. The van der Waals surface area contributed by atoms with Crippen LogP contribution in [0.1, 0.15) is 10.4 Å². The molecule has 0 unspecified atom stereocenters. The summed E-state index contributed by atoms with van der Waals surface area (Å²) in [5, 5.41) is 5.65. The number of rotatable bonds is 5. The summed E-state index contributed by atoms with van der Waals surface area (Å²) in [4.78, 5) is 26.0. The Morgan fingerprint density at radius 2 is 1.64 bits per heavy atom. The molecule has 0 atom stereocenters. The molecule has 0 bridgehead atoms. The molecule has 6 nitrogen and oxygen atoms in total. The molecule has 1 saturated heterocycles. The summed E-state index contributed by atoms with van der Waals surface area (Å²) < 4.78 is 5.88. The summed E-state index contributed by atoms with van der Waals surface area (Å²) in [5.41, 5.74) is 1.84. The molecule has 0 aliphatic carbocycles. The lowest BCUT2D eigenvalue weighted by Gasteiger charge is -2.15. The van der Waals surface area contributed by atoms with Crippen molar-refractivity contribution in [3.8, 4) is 11.5 Å². The Bertz CT molecular complexity index is 987. The lowest BCUT2D eigenvalue weighted by molar-refractivity contribution is 0.102. The maximum atomic E-state index is 12.7. The molecule has 3 amide bonds. The molecule has 4 rings (SSSR count). The largest absolute Gasteiger partial charge is 0.455 e. The lowest BCUT2D eigenvalue weighted by atomic mass is 10.1. The zero-order valence-electron chi connectivity index (χ0n) is 15.1. The zero-order chi connectivity index (χ0) is 19.3. The van der Waals surface area contributed by atoms with Crippen LogP contribution in [0.25, 0.3) is 0 Å². The van der Waals surface area contributed by atoms with Crippen LogP contribution in [-0.2, 0) is 0 Å². The minimum atomic E-state index is -0.249. The van der Waals surface area contributed by atoms with Gasteiger partial charge in [0.2, 0.25) is 0 Å². The minimum Gasteiger partial charge on any atom is -0.455 e. The second kappa shape index (κ2) is 7.84. The second-order valence-corrected chi connectivity index (χ2v) is 6.30. The van der Waals surface area contributed by atoms with E-state index in [-0.39, 0.29) is 11.9 Å². The van der Waals surface area contributed by atoms with Crippen molar-refractivity contribution in [1.29, 1.82) is 0 Å². The van der Waals surface area contributed by atoms with Gasteiger partial charge in [-0.05, 0) is 48.5 Å². The van der Waals surface area contributed by atoms with Gasteiger partial charge in [-0.2, -0.15) is 0 Å². The maximum Gasteiger partial charge on any atom is 0.321 e. The first-order chi connectivity index (χ1) is 13.7. The number of hydrogen-bond acceptors (Lipinski definition) is 3. The van der Waals surface area contributed by atoms with Crippen molar-refractivity contribution in [2.24, 2.45) is 0 Å². The van der Waals surface area contributed by atoms with Gasteiger partial charge in [0.05, 0.1) is 5.69 Å². The summed E-state index contributed by atoms with van der Waals surface area (Å²) in [6.45, 7) is 1.24. The first-order valence-electron chi connectivity index (χ1n) is 8.99. The van der Waals surface area contributed by atoms with Gasteiger partial charge in [-0.1, -0.05) is 30.3 Å². The predicted molar refractivity (Wildman–Crippen MR) is 108 cm³/mol. The standard InChI is InChI=1S/C22H19N3O3/c26-21(16-10-12-17(13-11-16)25-15-14-23-22(25)27)24-19-8-4-5-9-20(19)28-18-6-2-1-3-7-18/h1-13H,14-15H2,(H,23,27)(H,24,26). The van der Waals surface area contributed by atoms with Crippen LogP contribution in [0.2, 0.25) is 0 Å². The van der Waals surface area contributed by atoms with E-state index in [1.165, 1.54) is 0 Å². The molecule has 0 spiro atoms. The first-order valence-corrected chi connectivity index (χ1v) is 8.99. The molecule has 1 fully saturated rings. The lowest BCUT2D eigenvalue weighted by Crippen LogP contribution is -2.27. The van der Waals surface area contributed by atoms with Crippen LogP contribution in [0.3, 0.4) is 0 Å². The Morgan fingerprint density at radius 3 is 2.36 bits per heavy atom. The monoisotopic (exact) mass is 373 g/mol. The highest BCUT2D eigenvalue weighted by molar-refractivity contribution is 6.05. The average molecular weight is 373 g/mol. The van der Waals surface area contributed by atoms with Crippen molar-refractivity contribution in [3.05, 3.63) is 84.4 Å². The molecule has 3 aromatic carbocycles. The van der Waals surface area contributed by atoms with Crippen LogP contribution in [0.5, 0.6) is 11.5 Å². The van der Waals surface area contributed by atoms with Crippen LogP contribution in [0, 0.1) is 0 Å². The van der Waals surface area contributed by atoms with Crippen molar-refractivity contribution in [2.45, 2.75) is 0 Å². The van der Waals surface area contributed by atoms with E-state index in [9.17, 15) is 9.59 Å². The molecule has 28 heavy (non-hydrogen) atoms. The van der Waals surface area contributed by atoms with E-state index in [4.69, 9.17) is 4.74 Å². The van der Waals surface area contributed by atoms with Gasteiger partial charge < -0.3 is 15.4 Å². The van der Waals surface area contributed by atoms with E-state index in [2.05, 4.69) is 10.6 Å². The smallest absolute Gasteiger partial charge is 0.321 e. The van der Waals surface area contributed by atoms with E-state index >= 15 is 0 Å². The maximum absolute atomic E-state index is 12.7. The van der Waals surface area contributed by atoms with Crippen LogP contribution < -0.4 is 20.3 Å². The highest BCUT2D eigenvalue weighted by atomic mass is 16.5. The summed E-state index contributed by atoms with van der Waals surface area (Å²) >= 11 is 0. The Labute approximate surface area is 162 Å². The topological polar surface area (TPSA) is 70.7 Å². The van der Waals surface area contributed by atoms with Gasteiger partial charge in [-0.3, -0.25) is 9.69 Å². The molecule has 140 valence electrons. The number of benzene rings is 3. The number of hydrogen-bond donors (Lipinski definition) is 2. The van der Waals surface area contributed by atoms with Crippen molar-refractivity contribution in [2.75, 3.05) is 23.3 Å². The van der Waals surface area contributed by atoms with Crippen LogP contribution in [0.15, 0.2) is 78.9 Å². The van der Waals surface area contributed by atoms with Gasteiger partial charge in [0.25, 0.3) is 5.91 Å². The number of anilines is 2. The van der Waals surface area contributed by atoms with Crippen molar-refractivity contribution >= 4 is 23.3 Å². The normalized spacial score (nSPS) is 13.1. The molecule has 1 aliphatic heterocycles. The summed E-state index contributed by atoms with van der Waals surface area (Å²) in [7, 11) is 0. The van der Waals surface area contributed by atoms with E-state index in [1.807, 2.05) is 42.5 Å². The van der Waals surface area contributed by atoms with Gasteiger partial charge in [0.15, 0.2) is 5.75 Å². The summed E-state index contributed by atoms with van der Waals surface area (Å²) in [5.74, 6) is 1.01. The third kappa shape index (κ3) is 3.81. The van der Waals surface area contributed by atoms with Gasteiger partial charge in [-0.25, -0.2) is 4.79 Å². The summed E-state index contributed by atoms with van der Waals surface area (Å²) in [6.07, 6.45) is 0. The van der Waals surface area contributed by atoms with Crippen LogP contribution >= 0.6 is 0 Å². The second-order valence-electron chi connectivity index (χ2n) is 6.30. The number of urea groups is 1. The van der Waals surface area contributed by atoms with Gasteiger partial charge in [0.1, 0.15) is 5.75 Å². The van der Waals surface area contributed by atoms with E-state index in [0.717, 1.165) is 5.69 Å². The number of nitrogens with one attached hydrogen (secondary N) is 2. The van der Waals surface area contributed by atoms with E-state index in [1.54, 1.807) is 41.3 Å². The molecular weight excluding hydrogens is 354 g/mol. The van der Waals surface area contributed by atoms with Crippen molar-refractivity contribution in [3.63, 3.8) is 0 Å². The fourth-order valence-electron chi connectivity index (χ4n) is 2.98. The highest BCUT2D eigenvalue weighted by Crippen LogP contribution is 2.29. The Hall–Kier alpha value is -3.80. The summed E-state index contributed by atoms with van der Waals surface area (Å²) in [6, 6.07) is 23.5. The van der Waals surface area contributed by atoms with Gasteiger partial charge >= 0.3 is 6.03 Å². The molecule has 0 aromatic heterocycles. The third-order valence-electron chi connectivity index (χ3n) is 4.40. The molecule has 0 radical (unpaired) electrons. The average Bonchev–Trinajstić information content (AvgIpc) is 3.16. The molecule has 1 aliphatic rings. The molecule has 6 heteroatoms. The Balaban J connectivity index is 1.49. The predicted octanol–water partition coefficient (Wildman–Crippen LogP) is 4.26. The SMILES string of the molecule is O=C(Nc1ccccc1Oc1ccccc1)c1ccc(N2CCNC2=O)cc1. The van der Waals surface area contributed by atoms with Crippen molar-refractivity contribution < 1.29 is 14.3 Å². The van der Waals surface area contributed by atoms with E-state index in [0.29, 0.717) is 35.8 Å². The zero-order valence-corrected chi connectivity index (χ0v) is 15.1. The number of para-hydroxylation sites is 3. The molecule has 2 N–H and O–H groups in total. The van der Waals surface area contributed by atoms with Gasteiger partial charge in [0, 0.05) is 24.3 Å². The van der Waals surface area contributed by atoms with Crippen LogP contribution in [-0.4, -0.2) is 25.0 Å². The first kappa shape index (κ1) is 17.6. The quantitative estimate of drug-likeness (QED) is 0.702. The van der Waals surface area contributed by atoms with Crippen LogP contribution in [0.4, 0.5) is 16.2 Å². The van der Waals surface area contributed by atoms with Gasteiger partial charge in [-0.15, -0.1) is 0 Å². The molecule has 3 aromatic rings. The number of ether oxygens (including phenoxy) is 1. The number of carbonyl (C=O) groups excluding carboxylic acids is 2. The van der Waals surface area contributed by atoms with E-state index < -0.39 is 0 Å². The Kier molecular flexibility index (Phi) is 4.93. The molecule has 1 heterocycles. The fraction of sp³-hybridized carbons (Fsp3) is 0.0909. The molecular formula is C22H19N3O3. The fourth-order valence-corrected chi connectivity index (χ4v) is 2.98.